The number of hydrogen-bond donors (Lipinski definition) is 0. The molecule has 0 aliphatic carbocycles. The maximum Gasteiger partial charge on any atom is 0.306 e. The van der Waals surface area contributed by atoms with Crippen LogP contribution < -0.4 is 0 Å². The second-order valence-corrected chi connectivity index (χ2v) is 15.6. The number of carbonyl (C=O) groups excluding carboxylic acids is 3. The molecule has 0 N–H and O–H groups in total. The summed E-state index contributed by atoms with van der Waals surface area (Å²) in [4.78, 5) is 37.8. The van der Waals surface area contributed by atoms with Crippen LogP contribution in [0.25, 0.3) is 0 Å². The summed E-state index contributed by atoms with van der Waals surface area (Å²) >= 11 is 0. The van der Waals surface area contributed by atoms with E-state index in [1.54, 1.807) is 0 Å². The summed E-state index contributed by atoms with van der Waals surface area (Å²) in [7, 11) is 0. The van der Waals surface area contributed by atoms with Gasteiger partial charge in [0, 0.05) is 19.3 Å². The van der Waals surface area contributed by atoms with Crippen molar-refractivity contribution in [2.24, 2.45) is 0 Å². The van der Waals surface area contributed by atoms with E-state index in [-0.39, 0.29) is 38.0 Å². The molecule has 6 nitrogen and oxygen atoms in total. The Bertz CT molecular complexity index is 1420. The molecule has 1 atom stereocenters. The Kier molecular flexibility index (Phi) is 46.7. The second-order valence-electron chi connectivity index (χ2n) is 15.6. The van der Waals surface area contributed by atoms with E-state index in [1.807, 2.05) is 12.2 Å². The van der Waals surface area contributed by atoms with Gasteiger partial charge in [-0.3, -0.25) is 14.4 Å². The van der Waals surface area contributed by atoms with E-state index >= 15 is 0 Å². The highest BCUT2D eigenvalue weighted by atomic mass is 16.6. The number of unbranched alkanes of at least 4 members (excludes halogenated alkanes) is 9. The normalized spacial score (nSPS) is 13.3. The highest BCUT2D eigenvalue weighted by Gasteiger charge is 2.19. The first-order valence-electron chi connectivity index (χ1n) is 24.7. The molecular weight excluding hydrogens is 781 g/mol. The number of ether oxygens (including phenoxy) is 3. The zero-order valence-electron chi connectivity index (χ0n) is 40.0. The molecule has 0 heterocycles. The summed E-state index contributed by atoms with van der Waals surface area (Å²) in [5.74, 6) is -1.09. The fraction of sp³-hybridized carbons (Fsp3) is 0.561. The largest absolute Gasteiger partial charge is 0.462 e. The highest BCUT2D eigenvalue weighted by Crippen LogP contribution is 2.12. The number of carbonyl (C=O) groups is 3. The Labute approximate surface area is 385 Å². The first-order chi connectivity index (χ1) is 31.0. The second kappa shape index (κ2) is 50.2. The molecular formula is C57H88O6. The minimum Gasteiger partial charge on any atom is -0.462 e. The number of rotatable bonds is 42. The predicted molar refractivity (Wildman–Crippen MR) is 269 cm³/mol. The molecule has 0 spiro atoms. The van der Waals surface area contributed by atoms with Gasteiger partial charge in [-0.1, -0.05) is 206 Å². The lowest BCUT2D eigenvalue weighted by molar-refractivity contribution is -0.166. The van der Waals surface area contributed by atoms with Gasteiger partial charge in [0.25, 0.3) is 0 Å². The van der Waals surface area contributed by atoms with Gasteiger partial charge in [0.1, 0.15) is 13.2 Å². The fourth-order valence-corrected chi connectivity index (χ4v) is 6.03. The standard InChI is InChI=1S/C57H88O6/c1-4-7-10-13-16-19-21-23-25-27-28-30-31-33-35-38-41-44-47-50-56(59)62-53-54(52-61-55(58)49-46-43-40-37-18-15-12-9-6-3)63-57(60)51-48-45-42-39-36-34-32-29-26-24-22-20-17-14-11-8-5-2/h7-8,10-11,16-17,19-20,23-26,28,30,32-35,39,41-42,44,54H,4-6,9,12-15,18,21-22,27,29,31,36-38,40,43,45-53H2,1-3H3/b10-7-,11-8-,19-16-,20-17-,25-23-,26-24-,30-28-,34-32-,35-33-,42-39-,44-41-. The van der Waals surface area contributed by atoms with Crippen LogP contribution in [-0.4, -0.2) is 37.2 Å². The number of allylic oxidation sites excluding steroid dienone is 22. The van der Waals surface area contributed by atoms with E-state index in [0.29, 0.717) is 19.3 Å². The van der Waals surface area contributed by atoms with Crippen LogP contribution in [-0.2, 0) is 28.6 Å². The lowest BCUT2D eigenvalue weighted by Crippen LogP contribution is -2.30. The quantitative estimate of drug-likeness (QED) is 0.0263. The molecule has 0 saturated heterocycles. The minimum absolute atomic E-state index is 0.128. The molecule has 0 aromatic rings. The first kappa shape index (κ1) is 58.6. The lowest BCUT2D eigenvalue weighted by atomic mass is 10.1. The summed E-state index contributed by atoms with van der Waals surface area (Å²) in [5, 5.41) is 0. The summed E-state index contributed by atoms with van der Waals surface area (Å²) < 4.78 is 16.6. The van der Waals surface area contributed by atoms with Gasteiger partial charge in [0.2, 0.25) is 0 Å². The minimum atomic E-state index is -0.840. The lowest BCUT2D eigenvalue weighted by Gasteiger charge is -2.18. The van der Waals surface area contributed by atoms with E-state index in [2.05, 4.69) is 142 Å². The van der Waals surface area contributed by atoms with Crippen molar-refractivity contribution in [2.45, 2.75) is 194 Å². The average molecular weight is 869 g/mol. The summed E-state index contributed by atoms with van der Waals surface area (Å²) in [5.41, 5.74) is 0. The van der Waals surface area contributed by atoms with Crippen molar-refractivity contribution < 1.29 is 28.6 Å². The molecule has 1 unspecified atom stereocenters. The maximum atomic E-state index is 12.7. The Hall–Kier alpha value is -4.45. The van der Waals surface area contributed by atoms with Gasteiger partial charge < -0.3 is 14.2 Å². The van der Waals surface area contributed by atoms with Gasteiger partial charge in [0.15, 0.2) is 6.10 Å². The molecule has 0 saturated carbocycles. The molecule has 0 rings (SSSR count). The third-order valence-corrected chi connectivity index (χ3v) is 9.66. The topological polar surface area (TPSA) is 78.9 Å². The first-order valence-corrected chi connectivity index (χ1v) is 24.7. The summed E-state index contributed by atoms with van der Waals surface area (Å²) in [6.07, 6.45) is 70.3. The molecule has 352 valence electrons. The Balaban J connectivity index is 4.58. The number of hydrogen-bond acceptors (Lipinski definition) is 6. The zero-order valence-corrected chi connectivity index (χ0v) is 40.0. The predicted octanol–water partition coefficient (Wildman–Crippen LogP) is 16.3. The smallest absolute Gasteiger partial charge is 0.306 e. The number of esters is 3. The molecule has 63 heavy (non-hydrogen) atoms. The molecule has 0 bridgehead atoms. The van der Waals surface area contributed by atoms with Gasteiger partial charge in [-0.2, -0.15) is 0 Å². The molecule has 6 heteroatoms. The van der Waals surface area contributed by atoms with E-state index < -0.39 is 12.1 Å². The van der Waals surface area contributed by atoms with Crippen molar-refractivity contribution in [1.29, 1.82) is 0 Å². The molecule has 0 fully saturated rings. The van der Waals surface area contributed by atoms with Gasteiger partial charge in [0.05, 0.1) is 0 Å². The zero-order chi connectivity index (χ0) is 45.8. The van der Waals surface area contributed by atoms with Crippen LogP contribution in [0.5, 0.6) is 0 Å². The maximum absolute atomic E-state index is 12.7. The molecule has 0 aliphatic rings. The molecule has 0 aliphatic heterocycles. The van der Waals surface area contributed by atoms with E-state index in [4.69, 9.17) is 14.2 Å². The SMILES string of the molecule is CC/C=C\C/C=C\C/C=C\C/C=C\C/C=C\C/C=C\CCC(=O)OCC(COC(=O)CCCCCCCCCCC)OC(=O)CCC/C=C\C/C=C\C/C=C\C/C=C\C/C=C\CC. The average Bonchev–Trinajstić information content (AvgIpc) is 3.28. The fourth-order valence-electron chi connectivity index (χ4n) is 6.03. The van der Waals surface area contributed by atoms with Crippen molar-refractivity contribution in [1.82, 2.24) is 0 Å². The highest BCUT2D eigenvalue weighted by molar-refractivity contribution is 5.71. The van der Waals surface area contributed by atoms with Crippen LogP contribution in [0, 0.1) is 0 Å². The van der Waals surface area contributed by atoms with Crippen molar-refractivity contribution in [2.75, 3.05) is 13.2 Å². The van der Waals surface area contributed by atoms with Gasteiger partial charge in [-0.05, 0) is 96.3 Å². The summed E-state index contributed by atoms with van der Waals surface area (Å²) in [6, 6.07) is 0. The van der Waals surface area contributed by atoms with Crippen LogP contribution in [0.15, 0.2) is 134 Å². The molecule has 0 radical (unpaired) electrons. The van der Waals surface area contributed by atoms with Crippen LogP contribution in [0.2, 0.25) is 0 Å². The van der Waals surface area contributed by atoms with Crippen molar-refractivity contribution >= 4 is 17.9 Å². The Morgan fingerprint density at radius 3 is 1.05 bits per heavy atom. The van der Waals surface area contributed by atoms with E-state index in [1.165, 1.54) is 38.5 Å². The van der Waals surface area contributed by atoms with Gasteiger partial charge in [-0.25, -0.2) is 0 Å². The molecule has 0 amide bonds. The van der Waals surface area contributed by atoms with Crippen LogP contribution >= 0.6 is 0 Å². The van der Waals surface area contributed by atoms with Crippen LogP contribution in [0.4, 0.5) is 0 Å². The van der Waals surface area contributed by atoms with E-state index in [9.17, 15) is 14.4 Å². The monoisotopic (exact) mass is 869 g/mol. The Morgan fingerprint density at radius 1 is 0.333 bits per heavy atom. The van der Waals surface area contributed by atoms with Crippen LogP contribution in [0.3, 0.4) is 0 Å². The van der Waals surface area contributed by atoms with Gasteiger partial charge in [-0.15, -0.1) is 0 Å². The third kappa shape index (κ3) is 48.4. The van der Waals surface area contributed by atoms with Gasteiger partial charge >= 0.3 is 17.9 Å². The van der Waals surface area contributed by atoms with Crippen molar-refractivity contribution in [3.8, 4) is 0 Å². The Morgan fingerprint density at radius 2 is 0.651 bits per heavy atom. The van der Waals surface area contributed by atoms with Crippen LogP contribution in [0.1, 0.15) is 188 Å². The van der Waals surface area contributed by atoms with E-state index in [0.717, 1.165) is 96.3 Å². The molecule has 0 aromatic carbocycles. The molecule has 0 aromatic heterocycles. The summed E-state index contributed by atoms with van der Waals surface area (Å²) in [6.45, 7) is 6.24. The third-order valence-electron chi connectivity index (χ3n) is 9.66. The van der Waals surface area contributed by atoms with Crippen molar-refractivity contribution in [3.05, 3.63) is 134 Å². The van der Waals surface area contributed by atoms with Crippen molar-refractivity contribution in [3.63, 3.8) is 0 Å².